The SMILES string of the molecule is Nc1ncnc2c1ncn2CCC(=O)N1CCNCC1. The van der Waals surface area contributed by atoms with E-state index in [1.54, 1.807) is 6.33 Å². The predicted octanol–water partition coefficient (Wildman–Crippen LogP) is -0.770. The minimum atomic E-state index is 0.162. The number of nitrogens with one attached hydrogen (secondary N) is 1. The Morgan fingerprint density at radius 3 is 2.90 bits per heavy atom. The molecule has 3 rings (SSSR count). The Bertz CT molecular complexity index is 617. The highest BCUT2D eigenvalue weighted by molar-refractivity contribution is 5.81. The van der Waals surface area contributed by atoms with Gasteiger partial charge in [-0.25, -0.2) is 15.0 Å². The lowest BCUT2D eigenvalue weighted by atomic mass is 10.3. The van der Waals surface area contributed by atoms with Crippen LogP contribution in [0.25, 0.3) is 11.2 Å². The molecule has 0 saturated carbocycles. The van der Waals surface area contributed by atoms with Crippen molar-refractivity contribution in [2.45, 2.75) is 13.0 Å². The Balaban J connectivity index is 1.67. The van der Waals surface area contributed by atoms with Gasteiger partial charge in [-0.3, -0.25) is 4.79 Å². The molecular formula is C12H17N7O. The van der Waals surface area contributed by atoms with Gasteiger partial charge in [0.05, 0.1) is 6.33 Å². The molecule has 1 aliphatic heterocycles. The molecule has 2 aromatic heterocycles. The van der Waals surface area contributed by atoms with Crippen molar-refractivity contribution in [2.24, 2.45) is 0 Å². The summed E-state index contributed by atoms with van der Waals surface area (Å²) in [6.07, 6.45) is 3.50. The van der Waals surface area contributed by atoms with E-state index < -0.39 is 0 Å². The zero-order valence-corrected chi connectivity index (χ0v) is 11.1. The average Bonchev–Trinajstić information content (AvgIpc) is 2.90. The molecule has 2 aromatic rings. The number of hydrogen-bond acceptors (Lipinski definition) is 6. The first kappa shape index (κ1) is 12.8. The summed E-state index contributed by atoms with van der Waals surface area (Å²) >= 11 is 0. The molecular weight excluding hydrogens is 258 g/mol. The van der Waals surface area contributed by atoms with Crippen molar-refractivity contribution >= 4 is 22.9 Å². The predicted molar refractivity (Wildman–Crippen MR) is 73.8 cm³/mol. The molecule has 0 aromatic carbocycles. The zero-order chi connectivity index (χ0) is 13.9. The Morgan fingerprint density at radius 1 is 1.30 bits per heavy atom. The van der Waals surface area contributed by atoms with Crippen molar-refractivity contribution in [3.05, 3.63) is 12.7 Å². The van der Waals surface area contributed by atoms with E-state index in [-0.39, 0.29) is 5.91 Å². The maximum absolute atomic E-state index is 12.1. The molecule has 0 radical (unpaired) electrons. The van der Waals surface area contributed by atoms with Crippen molar-refractivity contribution in [3.8, 4) is 0 Å². The van der Waals surface area contributed by atoms with E-state index >= 15 is 0 Å². The fourth-order valence-corrected chi connectivity index (χ4v) is 2.35. The molecule has 3 heterocycles. The molecule has 0 spiro atoms. The van der Waals surface area contributed by atoms with E-state index in [2.05, 4.69) is 20.3 Å². The minimum Gasteiger partial charge on any atom is -0.382 e. The van der Waals surface area contributed by atoms with E-state index in [1.807, 2.05) is 9.47 Å². The summed E-state index contributed by atoms with van der Waals surface area (Å²) in [4.78, 5) is 26.2. The fourth-order valence-electron chi connectivity index (χ4n) is 2.35. The van der Waals surface area contributed by atoms with Gasteiger partial charge in [0.25, 0.3) is 0 Å². The highest BCUT2D eigenvalue weighted by atomic mass is 16.2. The summed E-state index contributed by atoms with van der Waals surface area (Å²) in [5.74, 6) is 0.526. The van der Waals surface area contributed by atoms with Gasteiger partial charge in [-0.05, 0) is 0 Å². The Labute approximate surface area is 116 Å². The van der Waals surface area contributed by atoms with E-state index in [4.69, 9.17) is 5.73 Å². The van der Waals surface area contributed by atoms with Gasteiger partial charge in [0, 0.05) is 39.1 Å². The van der Waals surface area contributed by atoms with Gasteiger partial charge < -0.3 is 20.5 Å². The Hall–Kier alpha value is -2.22. The van der Waals surface area contributed by atoms with Crippen LogP contribution in [0.1, 0.15) is 6.42 Å². The number of piperazine rings is 1. The number of nitrogens with two attached hydrogens (primary N) is 1. The number of carbonyl (C=O) groups is 1. The van der Waals surface area contributed by atoms with E-state index in [0.29, 0.717) is 29.9 Å². The van der Waals surface area contributed by atoms with Crippen LogP contribution >= 0.6 is 0 Å². The number of anilines is 1. The molecule has 0 bridgehead atoms. The van der Waals surface area contributed by atoms with Crippen LogP contribution in [0.5, 0.6) is 0 Å². The highest BCUT2D eigenvalue weighted by Gasteiger charge is 2.16. The number of fused-ring (bicyclic) bond motifs is 1. The van der Waals surface area contributed by atoms with Crippen LogP contribution in [0.2, 0.25) is 0 Å². The van der Waals surface area contributed by atoms with Gasteiger partial charge >= 0.3 is 0 Å². The first-order chi connectivity index (χ1) is 9.75. The molecule has 1 amide bonds. The second-order valence-electron chi connectivity index (χ2n) is 4.75. The molecule has 0 unspecified atom stereocenters. The van der Waals surface area contributed by atoms with Gasteiger partial charge in [0.15, 0.2) is 11.5 Å². The number of amides is 1. The van der Waals surface area contributed by atoms with E-state index in [1.165, 1.54) is 6.33 Å². The molecule has 20 heavy (non-hydrogen) atoms. The maximum Gasteiger partial charge on any atom is 0.224 e. The summed E-state index contributed by atoms with van der Waals surface area (Å²) in [5.41, 5.74) is 6.99. The Morgan fingerprint density at radius 2 is 2.10 bits per heavy atom. The van der Waals surface area contributed by atoms with Crippen molar-refractivity contribution in [3.63, 3.8) is 0 Å². The van der Waals surface area contributed by atoms with Crippen LogP contribution in [-0.4, -0.2) is 56.5 Å². The Kier molecular flexibility index (Phi) is 3.46. The summed E-state index contributed by atoms with van der Waals surface area (Å²) in [7, 11) is 0. The van der Waals surface area contributed by atoms with Crippen molar-refractivity contribution in [1.82, 2.24) is 29.7 Å². The van der Waals surface area contributed by atoms with Crippen molar-refractivity contribution in [2.75, 3.05) is 31.9 Å². The number of nitrogens with zero attached hydrogens (tertiary/aromatic N) is 5. The monoisotopic (exact) mass is 275 g/mol. The smallest absolute Gasteiger partial charge is 0.224 e. The molecule has 1 aliphatic rings. The summed E-state index contributed by atoms with van der Waals surface area (Å²) in [6.45, 7) is 3.83. The third kappa shape index (κ3) is 2.42. The first-order valence-corrected chi connectivity index (χ1v) is 6.65. The molecule has 0 atom stereocenters. The van der Waals surface area contributed by atoms with Gasteiger partial charge in [0.1, 0.15) is 11.8 Å². The average molecular weight is 275 g/mol. The van der Waals surface area contributed by atoms with Crippen LogP contribution in [0, 0.1) is 0 Å². The van der Waals surface area contributed by atoms with E-state index in [0.717, 1.165) is 26.2 Å². The number of hydrogen-bond donors (Lipinski definition) is 2. The van der Waals surface area contributed by atoms with Gasteiger partial charge in [-0.2, -0.15) is 0 Å². The van der Waals surface area contributed by atoms with Gasteiger partial charge in [-0.1, -0.05) is 0 Å². The van der Waals surface area contributed by atoms with E-state index in [9.17, 15) is 4.79 Å². The fraction of sp³-hybridized carbons (Fsp3) is 0.500. The second-order valence-corrected chi connectivity index (χ2v) is 4.75. The number of rotatable bonds is 3. The lowest BCUT2D eigenvalue weighted by Crippen LogP contribution is -2.46. The zero-order valence-electron chi connectivity index (χ0n) is 11.1. The third-order valence-corrected chi connectivity index (χ3v) is 3.47. The number of nitrogen functional groups attached to an aromatic ring is 1. The third-order valence-electron chi connectivity index (χ3n) is 3.47. The lowest BCUT2D eigenvalue weighted by Gasteiger charge is -2.27. The summed E-state index contributed by atoms with van der Waals surface area (Å²) in [5, 5.41) is 3.23. The van der Waals surface area contributed by atoms with Crippen LogP contribution in [0.4, 0.5) is 5.82 Å². The quantitative estimate of drug-likeness (QED) is 0.762. The van der Waals surface area contributed by atoms with Gasteiger partial charge in [-0.15, -0.1) is 0 Å². The molecule has 0 aliphatic carbocycles. The molecule has 1 fully saturated rings. The van der Waals surface area contributed by atoms with Crippen LogP contribution in [0.15, 0.2) is 12.7 Å². The number of aromatic nitrogens is 4. The standard InChI is InChI=1S/C12H17N7O/c13-11-10-12(16-7-15-11)19(8-17-10)4-1-9(20)18-5-2-14-3-6-18/h7-8,14H,1-6H2,(H2,13,15,16). The van der Waals surface area contributed by atoms with Crippen LogP contribution in [0.3, 0.4) is 0 Å². The number of carbonyl (C=O) groups excluding carboxylic acids is 1. The van der Waals surface area contributed by atoms with Crippen molar-refractivity contribution < 1.29 is 4.79 Å². The van der Waals surface area contributed by atoms with Gasteiger partial charge in [0.2, 0.25) is 5.91 Å². The van der Waals surface area contributed by atoms with Crippen molar-refractivity contribution in [1.29, 1.82) is 0 Å². The highest BCUT2D eigenvalue weighted by Crippen LogP contribution is 2.14. The molecule has 106 valence electrons. The first-order valence-electron chi connectivity index (χ1n) is 6.65. The lowest BCUT2D eigenvalue weighted by molar-refractivity contribution is -0.131. The summed E-state index contributed by atoms with van der Waals surface area (Å²) in [6, 6.07) is 0. The van der Waals surface area contributed by atoms with Crippen LogP contribution < -0.4 is 11.1 Å². The van der Waals surface area contributed by atoms with Crippen LogP contribution in [-0.2, 0) is 11.3 Å². The normalized spacial score (nSPS) is 15.7. The molecule has 8 heteroatoms. The molecule has 3 N–H and O–H groups in total. The number of imidazole rings is 1. The second kappa shape index (κ2) is 5.41. The summed E-state index contributed by atoms with van der Waals surface area (Å²) < 4.78 is 1.84. The minimum absolute atomic E-state index is 0.162. The molecule has 8 nitrogen and oxygen atoms in total. The molecule has 1 saturated heterocycles. The largest absolute Gasteiger partial charge is 0.382 e. The number of aryl methyl sites for hydroxylation is 1. The topological polar surface area (TPSA) is 102 Å². The maximum atomic E-state index is 12.1.